The summed E-state index contributed by atoms with van der Waals surface area (Å²) in [5.41, 5.74) is 3.48. The first-order valence-corrected chi connectivity index (χ1v) is 9.30. The summed E-state index contributed by atoms with van der Waals surface area (Å²) in [6.45, 7) is 6.94. The van der Waals surface area contributed by atoms with Crippen LogP contribution in [0.15, 0.2) is 53.1 Å². The molecule has 0 aliphatic rings. The van der Waals surface area contributed by atoms with Crippen LogP contribution in [0.4, 0.5) is 0 Å². The first-order chi connectivity index (χ1) is 13.7. The average molecular weight is 375 g/mol. The number of aryl methyl sites for hydroxylation is 1. The lowest BCUT2D eigenvalue weighted by atomic mass is 10.1. The van der Waals surface area contributed by atoms with Gasteiger partial charge in [0, 0.05) is 22.2 Å². The Morgan fingerprint density at radius 1 is 0.893 bits per heavy atom. The first kappa shape index (κ1) is 18.0. The van der Waals surface area contributed by atoms with Gasteiger partial charge in [0.1, 0.15) is 0 Å². The van der Waals surface area contributed by atoms with Crippen LogP contribution < -0.4 is 9.47 Å². The molecule has 0 atom stereocenters. The zero-order chi connectivity index (χ0) is 19.5. The molecule has 4 rings (SSSR count). The van der Waals surface area contributed by atoms with Crippen LogP contribution in [0, 0.1) is 6.92 Å². The Morgan fingerprint density at radius 2 is 1.68 bits per heavy atom. The van der Waals surface area contributed by atoms with Gasteiger partial charge in [0.15, 0.2) is 11.5 Å². The Balaban J connectivity index is 1.76. The highest BCUT2D eigenvalue weighted by Crippen LogP contribution is 2.34. The molecule has 0 bridgehead atoms. The molecule has 0 amide bonds. The van der Waals surface area contributed by atoms with Crippen LogP contribution in [0.2, 0.25) is 0 Å². The number of fused-ring (bicyclic) bond motifs is 1. The molecule has 0 aliphatic carbocycles. The van der Waals surface area contributed by atoms with E-state index in [1.807, 2.05) is 69.3 Å². The van der Waals surface area contributed by atoms with Gasteiger partial charge in [-0.15, -0.1) is 0 Å². The fourth-order valence-corrected chi connectivity index (χ4v) is 3.13. The van der Waals surface area contributed by atoms with Gasteiger partial charge < -0.3 is 14.0 Å². The van der Waals surface area contributed by atoms with E-state index in [0.717, 1.165) is 27.7 Å². The second kappa shape index (κ2) is 7.68. The average Bonchev–Trinajstić information content (AvgIpc) is 3.19. The van der Waals surface area contributed by atoms with E-state index in [1.54, 1.807) is 0 Å². The Morgan fingerprint density at radius 3 is 2.50 bits per heavy atom. The SMILES string of the molecule is CCOc1ccc(-c2nc(-c3cc(C)nc4ccccc34)no2)cc1OCC. The van der Waals surface area contributed by atoms with E-state index in [-0.39, 0.29) is 0 Å². The molecule has 0 saturated heterocycles. The number of rotatable bonds is 6. The molecule has 28 heavy (non-hydrogen) atoms. The van der Waals surface area contributed by atoms with Crippen molar-refractivity contribution in [2.75, 3.05) is 13.2 Å². The Bertz CT molecular complexity index is 1120. The number of hydrogen-bond donors (Lipinski definition) is 0. The number of aromatic nitrogens is 3. The number of nitrogens with zero attached hydrogens (tertiary/aromatic N) is 3. The molecule has 2 heterocycles. The summed E-state index contributed by atoms with van der Waals surface area (Å²) in [6.07, 6.45) is 0. The van der Waals surface area contributed by atoms with Crippen molar-refractivity contribution in [3.8, 4) is 34.3 Å². The van der Waals surface area contributed by atoms with Gasteiger partial charge in [-0.3, -0.25) is 4.98 Å². The van der Waals surface area contributed by atoms with E-state index in [4.69, 9.17) is 14.0 Å². The van der Waals surface area contributed by atoms with Gasteiger partial charge in [0.05, 0.1) is 18.7 Å². The van der Waals surface area contributed by atoms with Crippen LogP contribution in [0.5, 0.6) is 11.5 Å². The van der Waals surface area contributed by atoms with Crippen LogP contribution in [0.25, 0.3) is 33.7 Å². The van der Waals surface area contributed by atoms with Crippen molar-refractivity contribution >= 4 is 10.9 Å². The molecule has 0 N–H and O–H groups in total. The largest absolute Gasteiger partial charge is 0.490 e. The van der Waals surface area contributed by atoms with E-state index in [2.05, 4.69) is 15.1 Å². The first-order valence-electron chi connectivity index (χ1n) is 9.30. The van der Waals surface area contributed by atoms with Gasteiger partial charge in [-0.05, 0) is 51.1 Å². The highest BCUT2D eigenvalue weighted by molar-refractivity contribution is 5.92. The van der Waals surface area contributed by atoms with Crippen LogP contribution in [-0.2, 0) is 0 Å². The number of para-hydroxylation sites is 1. The van der Waals surface area contributed by atoms with E-state index >= 15 is 0 Å². The Labute approximate surface area is 163 Å². The summed E-state index contributed by atoms with van der Waals surface area (Å²) in [6, 6.07) is 15.5. The lowest BCUT2D eigenvalue weighted by molar-refractivity contribution is 0.288. The maximum absolute atomic E-state index is 5.69. The molecule has 2 aromatic carbocycles. The monoisotopic (exact) mass is 375 g/mol. The number of benzene rings is 2. The van der Waals surface area contributed by atoms with Crippen LogP contribution in [-0.4, -0.2) is 28.3 Å². The van der Waals surface area contributed by atoms with Crippen molar-refractivity contribution in [2.45, 2.75) is 20.8 Å². The molecule has 0 fully saturated rings. The van der Waals surface area contributed by atoms with Gasteiger partial charge in [-0.2, -0.15) is 4.98 Å². The summed E-state index contributed by atoms with van der Waals surface area (Å²) in [4.78, 5) is 9.19. The molecule has 6 nitrogen and oxygen atoms in total. The Kier molecular flexibility index (Phi) is 4.93. The highest BCUT2D eigenvalue weighted by atomic mass is 16.5. The van der Waals surface area contributed by atoms with Crippen LogP contribution in [0.3, 0.4) is 0 Å². The predicted molar refractivity (Wildman–Crippen MR) is 108 cm³/mol. The zero-order valence-electron chi connectivity index (χ0n) is 16.1. The van der Waals surface area contributed by atoms with Crippen LogP contribution >= 0.6 is 0 Å². The molecular formula is C22H21N3O3. The fraction of sp³-hybridized carbons (Fsp3) is 0.227. The van der Waals surface area contributed by atoms with Gasteiger partial charge in [0.2, 0.25) is 5.82 Å². The zero-order valence-corrected chi connectivity index (χ0v) is 16.1. The molecule has 142 valence electrons. The summed E-state index contributed by atoms with van der Waals surface area (Å²) < 4.78 is 16.9. The maximum Gasteiger partial charge on any atom is 0.258 e. The second-order valence-corrected chi connectivity index (χ2v) is 6.28. The molecular weight excluding hydrogens is 354 g/mol. The van der Waals surface area contributed by atoms with Crippen molar-refractivity contribution in [2.24, 2.45) is 0 Å². The highest BCUT2D eigenvalue weighted by Gasteiger charge is 2.16. The third-order valence-electron chi connectivity index (χ3n) is 4.30. The van der Waals surface area contributed by atoms with Crippen molar-refractivity contribution in [3.63, 3.8) is 0 Å². The molecule has 0 aliphatic heterocycles. The summed E-state index contributed by atoms with van der Waals surface area (Å²) in [5.74, 6) is 2.32. The lowest BCUT2D eigenvalue weighted by Gasteiger charge is -2.11. The minimum atomic E-state index is 0.428. The molecule has 0 radical (unpaired) electrons. The van der Waals surface area contributed by atoms with Crippen LogP contribution in [0.1, 0.15) is 19.5 Å². The Hall–Kier alpha value is -3.41. The number of ether oxygens (including phenoxy) is 2. The van der Waals surface area contributed by atoms with E-state index in [9.17, 15) is 0 Å². The van der Waals surface area contributed by atoms with Crippen molar-refractivity contribution in [1.82, 2.24) is 15.1 Å². The minimum Gasteiger partial charge on any atom is -0.490 e. The van der Waals surface area contributed by atoms with Crippen molar-refractivity contribution in [3.05, 3.63) is 54.2 Å². The van der Waals surface area contributed by atoms with E-state index in [1.165, 1.54) is 0 Å². The maximum atomic E-state index is 5.69. The lowest BCUT2D eigenvalue weighted by Crippen LogP contribution is -1.98. The normalized spacial score (nSPS) is 11.0. The van der Waals surface area contributed by atoms with Gasteiger partial charge >= 0.3 is 0 Å². The molecule has 4 aromatic rings. The molecule has 0 unspecified atom stereocenters. The smallest absolute Gasteiger partial charge is 0.258 e. The summed E-state index contributed by atoms with van der Waals surface area (Å²) in [5, 5.41) is 5.19. The fourth-order valence-electron chi connectivity index (χ4n) is 3.13. The van der Waals surface area contributed by atoms with Gasteiger partial charge in [-0.1, -0.05) is 23.4 Å². The topological polar surface area (TPSA) is 70.3 Å². The number of pyridine rings is 1. The second-order valence-electron chi connectivity index (χ2n) is 6.28. The number of hydrogen-bond acceptors (Lipinski definition) is 6. The third kappa shape index (κ3) is 3.41. The summed E-state index contributed by atoms with van der Waals surface area (Å²) in [7, 11) is 0. The van der Waals surface area contributed by atoms with Gasteiger partial charge in [-0.25, -0.2) is 0 Å². The quantitative estimate of drug-likeness (QED) is 0.469. The third-order valence-corrected chi connectivity index (χ3v) is 4.30. The molecule has 0 saturated carbocycles. The molecule has 0 spiro atoms. The predicted octanol–water partition coefficient (Wildman–Crippen LogP) is 5.06. The van der Waals surface area contributed by atoms with Gasteiger partial charge in [0.25, 0.3) is 5.89 Å². The van der Waals surface area contributed by atoms with E-state index < -0.39 is 0 Å². The van der Waals surface area contributed by atoms with E-state index in [0.29, 0.717) is 36.4 Å². The molecule has 2 aromatic heterocycles. The van der Waals surface area contributed by atoms with Crippen molar-refractivity contribution < 1.29 is 14.0 Å². The minimum absolute atomic E-state index is 0.428. The molecule has 6 heteroatoms. The summed E-state index contributed by atoms with van der Waals surface area (Å²) >= 11 is 0. The van der Waals surface area contributed by atoms with Crippen molar-refractivity contribution in [1.29, 1.82) is 0 Å². The standard InChI is InChI=1S/C22H21N3O3/c1-4-26-19-11-10-15(13-20(19)27-5-2)22-24-21(25-28-22)17-12-14(3)23-18-9-7-6-8-16(17)18/h6-13H,4-5H2,1-3H3.